The molecule has 0 saturated carbocycles. The topological polar surface area (TPSA) is 24.9 Å². The normalized spacial score (nSPS) is 10.9. The molecule has 1 aromatic carbocycles. The summed E-state index contributed by atoms with van der Waals surface area (Å²) in [4.78, 5) is 4.75. The highest BCUT2D eigenvalue weighted by Gasteiger charge is 2.11. The second-order valence-corrected chi connectivity index (χ2v) is 5.04. The molecule has 2 aromatic rings. The van der Waals surface area contributed by atoms with Crippen LogP contribution in [0, 0.1) is 6.92 Å². The van der Waals surface area contributed by atoms with Crippen molar-refractivity contribution in [2.45, 2.75) is 47.0 Å². The van der Waals surface area contributed by atoms with Crippen LogP contribution in [0.1, 0.15) is 44.0 Å². The van der Waals surface area contributed by atoms with Crippen molar-refractivity contribution in [2.75, 3.05) is 11.9 Å². The Morgan fingerprint density at radius 1 is 1.11 bits per heavy atom. The summed E-state index contributed by atoms with van der Waals surface area (Å²) < 4.78 is 0. The van der Waals surface area contributed by atoms with E-state index in [0.717, 1.165) is 37.0 Å². The largest absolute Gasteiger partial charge is 0.384 e. The van der Waals surface area contributed by atoms with Gasteiger partial charge in [-0.1, -0.05) is 26.8 Å². The first-order chi connectivity index (χ1) is 9.21. The molecule has 0 aliphatic heterocycles. The number of aromatic nitrogens is 1. The van der Waals surface area contributed by atoms with Gasteiger partial charge in [-0.05, 0) is 49.4 Å². The molecule has 0 unspecified atom stereocenters. The molecule has 1 aromatic heterocycles. The van der Waals surface area contributed by atoms with Gasteiger partial charge in [0.1, 0.15) is 0 Å². The van der Waals surface area contributed by atoms with Crippen LogP contribution in [0.3, 0.4) is 0 Å². The summed E-state index contributed by atoms with van der Waals surface area (Å²) in [5.41, 5.74) is 6.28. The summed E-state index contributed by atoms with van der Waals surface area (Å²) in [6, 6.07) is 6.63. The lowest BCUT2D eigenvalue weighted by Gasteiger charge is -2.16. The van der Waals surface area contributed by atoms with E-state index < -0.39 is 0 Å². The van der Waals surface area contributed by atoms with Crippen molar-refractivity contribution >= 4 is 16.6 Å². The molecule has 1 heterocycles. The molecule has 102 valence electrons. The fraction of sp³-hybridized carbons (Fsp3) is 0.471. The third kappa shape index (κ3) is 2.73. The van der Waals surface area contributed by atoms with Crippen LogP contribution in [0.15, 0.2) is 18.2 Å². The molecule has 0 amide bonds. The van der Waals surface area contributed by atoms with Crippen molar-refractivity contribution in [1.29, 1.82) is 0 Å². The molecule has 0 bridgehead atoms. The van der Waals surface area contributed by atoms with Crippen molar-refractivity contribution in [1.82, 2.24) is 4.98 Å². The van der Waals surface area contributed by atoms with Crippen LogP contribution in [-0.4, -0.2) is 11.5 Å². The fourth-order valence-corrected chi connectivity index (χ4v) is 2.58. The Kier molecular flexibility index (Phi) is 4.41. The van der Waals surface area contributed by atoms with Gasteiger partial charge in [-0.15, -0.1) is 0 Å². The average Bonchev–Trinajstić information content (AvgIpc) is 2.43. The van der Waals surface area contributed by atoms with Crippen molar-refractivity contribution < 1.29 is 0 Å². The zero-order chi connectivity index (χ0) is 13.8. The van der Waals surface area contributed by atoms with E-state index in [1.807, 2.05) is 0 Å². The molecule has 2 nitrogen and oxygen atoms in total. The maximum absolute atomic E-state index is 4.75. The number of anilines is 1. The van der Waals surface area contributed by atoms with Crippen molar-refractivity contribution in [3.8, 4) is 0 Å². The number of nitrogens with one attached hydrogen (secondary N) is 1. The molecular weight excluding hydrogens is 232 g/mol. The van der Waals surface area contributed by atoms with E-state index in [2.05, 4.69) is 51.2 Å². The van der Waals surface area contributed by atoms with Gasteiger partial charge >= 0.3 is 0 Å². The quantitative estimate of drug-likeness (QED) is 0.852. The highest BCUT2D eigenvalue weighted by atomic mass is 14.9. The van der Waals surface area contributed by atoms with Crippen molar-refractivity contribution in [2.24, 2.45) is 0 Å². The van der Waals surface area contributed by atoms with E-state index in [1.54, 1.807) is 0 Å². The lowest BCUT2D eigenvalue weighted by atomic mass is 10.0. The molecule has 0 saturated heterocycles. The van der Waals surface area contributed by atoms with Crippen LogP contribution in [0.2, 0.25) is 0 Å². The molecule has 19 heavy (non-hydrogen) atoms. The summed E-state index contributed by atoms with van der Waals surface area (Å²) >= 11 is 0. The van der Waals surface area contributed by atoms with E-state index in [-0.39, 0.29) is 0 Å². The standard InChI is InChI=1S/C17H24N2/c1-5-10-18-17-14(7-3)12(4)19-16-9-8-13(6-2)11-15(16)17/h8-9,11H,5-7,10H2,1-4H3,(H,18,19). The van der Waals surface area contributed by atoms with E-state index in [1.165, 1.54) is 22.2 Å². The number of pyridine rings is 1. The zero-order valence-electron chi connectivity index (χ0n) is 12.5. The Balaban J connectivity index is 2.67. The van der Waals surface area contributed by atoms with Crippen LogP contribution < -0.4 is 5.32 Å². The summed E-state index contributed by atoms with van der Waals surface area (Å²) in [7, 11) is 0. The number of fused-ring (bicyclic) bond motifs is 1. The first-order valence-electron chi connectivity index (χ1n) is 7.37. The minimum Gasteiger partial charge on any atom is -0.384 e. The summed E-state index contributed by atoms with van der Waals surface area (Å²) in [6.07, 6.45) is 3.23. The first-order valence-corrected chi connectivity index (χ1v) is 7.37. The number of rotatable bonds is 5. The van der Waals surface area contributed by atoms with Gasteiger partial charge in [-0.3, -0.25) is 4.98 Å². The van der Waals surface area contributed by atoms with Crippen LogP contribution >= 0.6 is 0 Å². The molecule has 1 N–H and O–H groups in total. The summed E-state index contributed by atoms with van der Waals surface area (Å²) in [5.74, 6) is 0. The molecule has 0 radical (unpaired) electrons. The average molecular weight is 256 g/mol. The minimum absolute atomic E-state index is 1.02. The number of nitrogens with zero attached hydrogens (tertiary/aromatic N) is 1. The smallest absolute Gasteiger partial charge is 0.0726 e. The van der Waals surface area contributed by atoms with Gasteiger partial charge in [0.15, 0.2) is 0 Å². The van der Waals surface area contributed by atoms with Crippen LogP contribution in [0.4, 0.5) is 5.69 Å². The Bertz CT molecular complexity index is 573. The Morgan fingerprint density at radius 3 is 2.53 bits per heavy atom. The Hall–Kier alpha value is -1.57. The first kappa shape index (κ1) is 13.9. The van der Waals surface area contributed by atoms with Crippen LogP contribution in [0.5, 0.6) is 0 Å². The monoisotopic (exact) mass is 256 g/mol. The third-order valence-electron chi connectivity index (χ3n) is 3.67. The summed E-state index contributed by atoms with van der Waals surface area (Å²) in [6.45, 7) is 9.73. The minimum atomic E-state index is 1.02. The predicted molar refractivity (Wildman–Crippen MR) is 84.0 cm³/mol. The molecule has 0 atom stereocenters. The van der Waals surface area contributed by atoms with Crippen LogP contribution in [0.25, 0.3) is 10.9 Å². The number of hydrogen-bond donors (Lipinski definition) is 1. The van der Waals surface area contributed by atoms with E-state index in [0.29, 0.717) is 0 Å². The molecule has 0 fully saturated rings. The van der Waals surface area contributed by atoms with Gasteiger partial charge < -0.3 is 5.32 Å². The molecular formula is C17H24N2. The van der Waals surface area contributed by atoms with Gasteiger partial charge in [0.05, 0.1) is 5.52 Å². The second-order valence-electron chi connectivity index (χ2n) is 5.04. The van der Waals surface area contributed by atoms with Crippen molar-refractivity contribution in [3.05, 3.63) is 35.0 Å². The maximum atomic E-state index is 4.75. The van der Waals surface area contributed by atoms with Gasteiger partial charge in [0, 0.05) is 23.3 Å². The van der Waals surface area contributed by atoms with Crippen molar-refractivity contribution in [3.63, 3.8) is 0 Å². The van der Waals surface area contributed by atoms with Gasteiger partial charge in [0.25, 0.3) is 0 Å². The Morgan fingerprint density at radius 2 is 1.89 bits per heavy atom. The highest BCUT2D eigenvalue weighted by molar-refractivity contribution is 5.94. The lowest BCUT2D eigenvalue weighted by Crippen LogP contribution is -2.06. The predicted octanol–water partition coefficient (Wildman–Crippen LogP) is 4.49. The third-order valence-corrected chi connectivity index (χ3v) is 3.67. The van der Waals surface area contributed by atoms with E-state index >= 15 is 0 Å². The highest BCUT2D eigenvalue weighted by Crippen LogP contribution is 2.30. The van der Waals surface area contributed by atoms with Gasteiger partial charge in [-0.25, -0.2) is 0 Å². The van der Waals surface area contributed by atoms with E-state index in [4.69, 9.17) is 4.98 Å². The van der Waals surface area contributed by atoms with Crippen LogP contribution in [-0.2, 0) is 12.8 Å². The molecule has 0 aliphatic carbocycles. The number of aryl methyl sites for hydroxylation is 2. The Labute approximate surface area is 116 Å². The lowest BCUT2D eigenvalue weighted by molar-refractivity contribution is 0.968. The zero-order valence-corrected chi connectivity index (χ0v) is 12.5. The molecule has 0 aliphatic rings. The SMILES string of the molecule is CCCNc1c(CC)c(C)nc2ccc(CC)cc12. The maximum Gasteiger partial charge on any atom is 0.0726 e. The van der Waals surface area contributed by atoms with Gasteiger partial charge in [0.2, 0.25) is 0 Å². The molecule has 2 rings (SSSR count). The molecule has 2 heteroatoms. The molecule has 0 spiro atoms. The fourth-order valence-electron chi connectivity index (χ4n) is 2.58. The van der Waals surface area contributed by atoms with E-state index in [9.17, 15) is 0 Å². The summed E-state index contributed by atoms with van der Waals surface area (Å²) in [5, 5.41) is 4.88. The van der Waals surface area contributed by atoms with Gasteiger partial charge in [-0.2, -0.15) is 0 Å². The second kappa shape index (κ2) is 6.05. The number of benzene rings is 1. The number of hydrogen-bond acceptors (Lipinski definition) is 2.